The molecule has 0 atom stereocenters. The van der Waals surface area contributed by atoms with Gasteiger partial charge in [0.15, 0.2) is 5.82 Å². The summed E-state index contributed by atoms with van der Waals surface area (Å²) in [6.45, 7) is 2.28. The van der Waals surface area contributed by atoms with Gasteiger partial charge >= 0.3 is 0 Å². The Morgan fingerprint density at radius 3 is 2.65 bits per heavy atom. The minimum Gasteiger partial charge on any atom is -0.337 e. The van der Waals surface area contributed by atoms with Gasteiger partial charge in [-0.1, -0.05) is 12.1 Å². The normalized spacial score (nSPS) is 33.9. The summed E-state index contributed by atoms with van der Waals surface area (Å²) in [7, 11) is 0. The van der Waals surface area contributed by atoms with E-state index in [1.54, 1.807) is 0 Å². The molecule has 1 aromatic rings. The number of hydrogen-bond acceptors (Lipinski definition) is 4. The quantitative estimate of drug-likeness (QED) is 0.873. The van der Waals surface area contributed by atoms with Crippen molar-refractivity contribution in [3.63, 3.8) is 0 Å². The molecule has 2 N–H and O–H groups in total. The molecular weight excluding hydrogens is 214 g/mol. The molecule has 0 aliphatic heterocycles. The Kier molecular flexibility index (Phi) is 2.69. The van der Waals surface area contributed by atoms with E-state index in [1.807, 2.05) is 0 Å². The molecule has 17 heavy (non-hydrogen) atoms. The van der Waals surface area contributed by atoms with Crippen molar-refractivity contribution < 1.29 is 4.52 Å². The summed E-state index contributed by atoms with van der Waals surface area (Å²) < 4.78 is 5.38. The molecular formula is C13H21N3O. The maximum atomic E-state index is 6.41. The molecule has 0 radical (unpaired) electrons. The summed E-state index contributed by atoms with van der Waals surface area (Å²) in [6.07, 6.45) is 7.87. The third-order valence-corrected chi connectivity index (χ3v) is 4.23. The monoisotopic (exact) mass is 235 g/mol. The standard InChI is InChI=1S/C13H21N3O/c1-9-4-6-13(14,7-5-9)12-15-11(16-17-12)8-10-2-3-10/h9-10H,2-8,14H2,1H3. The van der Waals surface area contributed by atoms with Crippen molar-refractivity contribution in [3.8, 4) is 0 Å². The highest BCUT2D eigenvalue weighted by molar-refractivity contribution is 5.05. The molecule has 1 heterocycles. The van der Waals surface area contributed by atoms with Crippen LogP contribution in [0.1, 0.15) is 57.2 Å². The Morgan fingerprint density at radius 2 is 2.00 bits per heavy atom. The second-order valence-corrected chi connectivity index (χ2v) is 6.00. The third kappa shape index (κ3) is 2.37. The van der Waals surface area contributed by atoms with E-state index in [2.05, 4.69) is 17.1 Å². The first-order chi connectivity index (χ1) is 8.16. The minimum absolute atomic E-state index is 0.360. The van der Waals surface area contributed by atoms with E-state index in [1.165, 1.54) is 12.8 Å². The first kappa shape index (κ1) is 11.2. The van der Waals surface area contributed by atoms with Crippen molar-refractivity contribution in [2.24, 2.45) is 17.6 Å². The highest BCUT2D eigenvalue weighted by Gasteiger charge is 2.37. The molecule has 2 aliphatic carbocycles. The number of rotatable bonds is 3. The van der Waals surface area contributed by atoms with E-state index >= 15 is 0 Å². The predicted molar refractivity (Wildman–Crippen MR) is 64.2 cm³/mol. The van der Waals surface area contributed by atoms with E-state index < -0.39 is 0 Å². The van der Waals surface area contributed by atoms with Crippen molar-refractivity contribution >= 4 is 0 Å². The maximum absolute atomic E-state index is 6.41. The molecule has 2 aliphatic rings. The lowest BCUT2D eigenvalue weighted by Crippen LogP contribution is -2.40. The van der Waals surface area contributed by atoms with Crippen LogP contribution in [0.3, 0.4) is 0 Å². The Bertz CT molecular complexity index is 389. The van der Waals surface area contributed by atoms with Gasteiger partial charge in [-0.2, -0.15) is 4.98 Å². The highest BCUT2D eigenvalue weighted by atomic mass is 16.5. The lowest BCUT2D eigenvalue weighted by Gasteiger charge is -2.32. The van der Waals surface area contributed by atoms with Crippen LogP contribution in [-0.2, 0) is 12.0 Å². The Balaban J connectivity index is 1.71. The average molecular weight is 235 g/mol. The number of hydrogen-bond donors (Lipinski definition) is 1. The number of aromatic nitrogens is 2. The summed E-state index contributed by atoms with van der Waals surface area (Å²) in [5.74, 6) is 3.09. The van der Waals surface area contributed by atoms with Crippen LogP contribution >= 0.6 is 0 Å². The molecule has 4 heteroatoms. The fourth-order valence-electron chi connectivity index (χ4n) is 2.61. The van der Waals surface area contributed by atoms with Crippen LogP contribution in [0.4, 0.5) is 0 Å². The Labute approximate surface area is 102 Å². The van der Waals surface area contributed by atoms with Gasteiger partial charge in [0.25, 0.3) is 0 Å². The van der Waals surface area contributed by atoms with Crippen molar-refractivity contribution in [3.05, 3.63) is 11.7 Å². The van der Waals surface area contributed by atoms with Gasteiger partial charge in [0.1, 0.15) is 0 Å². The van der Waals surface area contributed by atoms with Crippen LogP contribution in [0.2, 0.25) is 0 Å². The van der Waals surface area contributed by atoms with Gasteiger partial charge < -0.3 is 10.3 Å². The molecule has 0 amide bonds. The van der Waals surface area contributed by atoms with E-state index in [0.717, 1.165) is 49.8 Å². The van der Waals surface area contributed by atoms with Crippen LogP contribution in [0.25, 0.3) is 0 Å². The summed E-state index contributed by atoms with van der Waals surface area (Å²) in [6, 6.07) is 0. The van der Waals surface area contributed by atoms with E-state index in [9.17, 15) is 0 Å². The van der Waals surface area contributed by atoms with Crippen LogP contribution in [-0.4, -0.2) is 10.1 Å². The molecule has 0 bridgehead atoms. The topological polar surface area (TPSA) is 64.9 Å². The molecule has 3 rings (SSSR count). The van der Waals surface area contributed by atoms with Crippen molar-refractivity contribution in [2.45, 2.75) is 57.4 Å². The van der Waals surface area contributed by atoms with Gasteiger partial charge in [-0.15, -0.1) is 0 Å². The van der Waals surface area contributed by atoms with Crippen LogP contribution < -0.4 is 5.73 Å². The average Bonchev–Trinajstić information content (AvgIpc) is 2.99. The van der Waals surface area contributed by atoms with E-state index in [4.69, 9.17) is 10.3 Å². The number of nitrogens with two attached hydrogens (primary N) is 1. The van der Waals surface area contributed by atoms with Gasteiger partial charge in [0, 0.05) is 6.42 Å². The van der Waals surface area contributed by atoms with Gasteiger partial charge in [-0.05, 0) is 50.4 Å². The molecule has 94 valence electrons. The molecule has 2 fully saturated rings. The largest absolute Gasteiger partial charge is 0.337 e. The van der Waals surface area contributed by atoms with Gasteiger partial charge in [-0.25, -0.2) is 0 Å². The summed E-state index contributed by atoms with van der Waals surface area (Å²) in [5.41, 5.74) is 6.05. The second-order valence-electron chi connectivity index (χ2n) is 6.00. The number of nitrogens with zero attached hydrogens (tertiary/aromatic N) is 2. The molecule has 1 aromatic heterocycles. The van der Waals surface area contributed by atoms with Crippen LogP contribution in [0.15, 0.2) is 4.52 Å². The Hall–Kier alpha value is -0.900. The van der Waals surface area contributed by atoms with Crippen LogP contribution in [0, 0.1) is 11.8 Å². The smallest absolute Gasteiger partial charge is 0.246 e. The zero-order valence-electron chi connectivity index (χ0n) is 10.5. The first-order valence-electron chi connectivity index (χ1n) is 6.78. The van der Waals surface area contributed by atoms with Crippen molar-refractivity contribution in [1.29, 1.82) is 0 Å². The minimum atomic E-state index is -0.360. The fourth-order valence-corrected chi connectivity index (χ4v) is 2.61. The maximum Gasteiger partial charge on any atom is 0.246 e. The zero-order chi connectivity index (χ0) is 11.9. The lowest BCUT2D eigenvalue weighted by atomic mass is 9.78. The highest BCUT2D eigenvalue weighted by Crippen LogP contribution is 2.37. The van der Waals surface area contributed by atoms with Gasteiger partial charge in [-0.3, -0.25) is 0 Å². The van der Waals surface area contributed by atoms with Crippen LogP contribution in [0.5, 0.6) is 0 Å². The summed E-state index contributed by atoms with van der Waals surface area (Å²) in [4.78, 5) is 4.51. The fraction of sp³-hybridized carbons (Fsp3) is 0.846. The predicted octanol–water partition coefficient (Wildman–Crippen LogP) is 2.39. The summed E-state index contributed by atoms with van der Waals surface area (Å²) >= 11 is 0. The summed E-state index contributed by atoms with van der Waals surface area (Å²) in [5, 5.41) is 4.07. The first-order valence-corrected chi connectivity index (χ1v) is 6.78. The van der Waals surface area contributed by atoms with E-state index in [-0.39, 0.29) is 5.54 Å². The molecule has 2 saturated carbocycles. The van der Waals surface area contributed by atoms with E-state index in [0.29, 0.717) is 5.89 Å². The molecule has 0 unspecified atom stereocenters. The second kappa shape index (κ2) is 4.09. The Morgan fingerprint density at radius 1 is 1.29 bits per heavy atom. The third-order valence-electron chi connectivity index (χ3n) is 4.23. The molecule has 4 nitrogen and oxygen atoms in total. The SMILES string of the molecule is CC1CCC(N)(c2nc(CC3CC3)no2)CC1. The van der Waals surface area contributed by atoms with Gasteiger partial charge in [0.2, 0.25) is 5.89 Å². The molecule has 0 aromatic carbocycles. The van der Waals surface area contributed by atoms with Crippen molar-refractivity contribution in [2.75, 3.05) is 0 Å². The molecule has 0 saturated heterocycles. The van der Waals surface area contributed by atoms with Crippen molar-refractivity contribution in [1.82, 2.24) is 10.1 Å². The molecule has 0 spiro atoms. The lowest BCUT2D eigenvalue weighted by molar-refractivity contribution is 0.190. The van der Waals surface area contributed by atoms with Gasteiger partial charge in [0.05, 0.1) is 5.54 Å². The zero-order valence-corrected chi connectivity index (χ0v) is 10.5.